The summed E-state index contributed by atoms with van der Waals surface area (Å²) in [6, 6.07) is 8.96. The minimum atomic E-state index is -3.52. The summed E-state index contributed by atoms with van der Waals surface area (Å²) in [5.41, 5.74) is 1.34. The van der Waals surface area contributed by atoms with Gasteiger partial charge in [0.15, 0.2) is 0 Å². The highest BCUT2D eigenvalue weighted by Gasteiger charge is 2.17. The highest BCUT2D eigenvalue weighted by atomic mass is 35.5. The molecule has 120 valence electrons. The van der Waals surface area contributed by atoms with E-state index >= 15 is 0 Å². The molecule has 23 heavy (non-hydrogen) atoms. The van der Waals surface area contributed by atoms with Crippen LogP contribution in [-0.4, -0.2) is 29.2 Å². The first kappa shape index (κ1) is 15.8. The molecule has 0 atom stereocenters. The Morgan fingerprint density at radius 3 is 2.48 bits per heavy atom. The largest absolute Gasteiger partial charge is 0.340 e. The molecular weight excluding hydrogens is 336 g/mol. The number of halogens is 1. The molecule has 2 aromatic heterocycles. The Hall–Kier alpha value is -2.12. The lowest BCUT2D eigenvalue weighted by Gasteiger charge is -2.09. The van der Waals surface area contributed by atoms with Gasteiger partial charge in [-0.1, -0.05) is 11.6 Å². The second-order valence-corrected chi connectivity index (χ2v) is 7.44. The molecule has 0 fully saturated rings. The maximum absolute atomic E-state index is 11.9. The summed E-state index contributed by atoms with van der Waals surface area (Å²) in [6.07, 6.45) is 2.96. The van der Waals surface area contributed by atoms with Gasteiger partial charge < -0.3 is 9.88 Å². The third kappa shape index (κ3) is 3.16. The van der Waals surface area contributed by atoms with Crippen molar-refractivity contribution in [3.05, 3.63) is 41.6 Å². The zero-order valence-corrected chi connectivity index (χ0v) is 14.2. The summed E-state index contributed by atoms with van der Waals surface area (Å²) in [5.74, 6) is 0.449. The third-order valence-corrected chi connectivity index (χ3v) is 4.48. The van der Waals surface area contributed by atoms with Gasteiger partial charge in [0.1, 0.15) is 11.5 Å². The zero-order valence-electron chi connectivity index (χ0n) is 12.6. The Morgan fingerprint density at radius 1 is 1.17 bits per heavy atom. The van der Waals surface area contributed by atoms with Crippen molar-refractivity contribution in [3.8, 4) is 0 Å². The van der Waals surface area contributed by atoms with Crippen LogP contribution in [0.15, 0.2) is 41.7 Å². The molecule has 0 saturated heterocycles. The van der Waals surface area contributed by atoms with Gasteiger partial charge in [0.05, 0.1) is 5.39 Å². The zero-order chi connectivity index (χ0) is 16.6. The third-order valence-electron chi connectivity index (χ3n) is 3.38. The molecule has 3 aromatic rings. The van der Waals surface area contributed by atoms with E-state index in [1.807, 2.05) is 23.8 Å². The molecule has 0 aliphatic carbocycles. The first-order valence-corrected chi connectivity index (χ1v) is 9.25. The van der Waals surface area contributed by atoms with Gasteiger partial charge in [0, 0.05) is 29.7 Å². The van der Waals surface area contributed by atoms with Crippen LogP contribution in [-0.2, 0) is 16.4 Å². The van der Waals surface area contributed by atoms with Crippen LogP contribution >= 0.6 is 11.6 Å². The van der Waals surface area contributed by atoms with E-state index < -0.39 is 9.84 Å². The maximum atomic E-state index is 11.9. The summed E-state index contributed by atoms with van der Waals surface area (Å²) in [6.45, 7) is 2.65. The molecule has 8 heteroatoms. The number of rotatable bonds is 4. The quantitative estimate of drug-likeness (QED) is 0.731. The van der Waals surface area contributed by atoms with Gasteiger partial charge in [0.2, 0.25) is 9.84 Å². The summed E-state index contributed by atoms with van der Waals surface area (Å²) in [4.78, 5) is 8.38. The molecule has 0 saturated carbocycles. The lowest BCUT2D eigenvalue weighted by Crippen LogP contribution is -2.08. The van der Waals surface area contributed by atoms with Crippen LogP contribution in [0.2, 0.25) is 5.02 Å². The van der Waals surface area contributed by atoms with E-state index in [9.17, 15) is 8.42 Å². The van der Waals surface area contributed by atoms with E-state index in [1.165, 1.54) is 0 Å². The predicted octanol–water partition coefficient (Wildman–Crippen LogP) is 3.25. The summed E-state index contributed by atoms with van der Waals surface area (Å²) in [5, 5.41) is 4.32. The number of hydrogen-bond donors (Lipinski definition) is 1. The molecule has 0 aliphatic heterocycles. The van der Waals surface area contributed by atoms with Gasteiger partial charge in [-0.2, -0.15) is 4.98 Å². The molecule has 0 amide bonds. The van der Waals surface area contributed by atoms with Crippen LogP contribution in [0.25, 0.3) is 11.0 Å². The van der Waals surface area contributed by atoms with Crippen LogP contribution in [0, 0.1) is 0 Å². The van der Waals surface area contributed by atoms with Crippen molar-refractivity contribution in [1.82, 2.24) is 14.5 Å². The number of aryl methyl sites for hydroxylation is 1. The monoisotopic (exact) mass is 350 g/mol. The fourth-order valence-electron chi connectivity index (χ4n) is 2.23. The number of nitrogens with one attached hydrogen (secondary N) is 1. The number of benzene rings is 1. The number of aromatic nitrogens is 3. The number of hydrogen-bond acceptors (Lipinski definition) is 5. The second kappa shape index (κ2) is 5.82. The van der Waals surface area contributed by atoms with Crippen molar-refractivity contribution in [2.24, 2.45) is 0 Å². The number of anilines is 2. The summed E-state index contributed by atoms with van der Waals surface area (Å²) in [7, 11) is -3.52. The van der Waals surface area contributed by atoms with Crippen LogP contribution in [0.4, 0.5) is 11.5 Å². The van der Waals surface area contributed by atoms with Gasteiger partial charge in [-0.3, -0.25) is 0 Å². The number of sulfone groups is 1. The minimum Gasteiger partial charge on any atom is -0.340 e. The maximum Gasteiger partial charge on any atom is 0.250 e. The topological polar surface area (TPSA) is 76.9 Å². The normalized spacial score (nSPS) is 11.8. The van der Waals surface area contributed by atoms with Crippen molar-refractivity contribution in [1.29, 1.82) is 0 Å². The average molecular weight is 351 g/mol. The standard InChI is InChI=1S/C15H15ClN4O2S/c1-3-20-9-8-12-13(17-11-6-4-10(16)5-7-11)18-15(19-14(12)20)23(2,21)22/h4-9H,3H2,1-2H3,(H,17,18,19). The van der Waals surface area contributed by atoms with E-state index in [0.29, 0.717) is 23.0 Å². The summed E-state index contributed by atoms with van der Waals surface area (Å²) < 4.78 is 25.6. The van der Waals surface area contributed by atoms with Crippen molar-refractivity contribution < 1.29 is 8.42 Å². The van der Waals surface area contributed by atoms with E-state index in [2.05, 4.69) is 15.3 Å². The van der Waals surface area contributed by atoms with Crippen LogP contribution in [0.5, 0.6) is 0 Å². The SMILES string of the molecule is CCn1ccc2c(Nc3ccc(Cl)cc3)nc(S(C)(=O)=O)nc21. The van der Waals surface area contributed by atoms with E-state index in [1.54, 1.807) is 24.3 Å². The Labute approximate surface area is 139 Å². The smallest absolute Gasteiger partial charge is 0.250 e. The fraction of sp³-hybridized carbons (Fsp3) is 0.200. The van der Waals surface area contributed by atoms with Crippen LogP contribution in [0.3, 0.4) is 0 Å². The Morgan fingerprint density at radius 2 is 1.87 bits per heavy atom. The number of fused-ring (bicyclic) bond motifs is 1. The van der Waals surface area contributed by atoms with Crippen molar-refractivity contribution >= 4 is 44.0 Å². The second-order valence-electron chi connectivity index (χ2n) is 5.10. The molecule has 1 aromatic carbocycles. The fourth-order valence-corrected chi connectivity index (χ4v) is 2.87. The first-order chi connectivity index (χ1) is 10.9. The van der Waals surface area contributed by atoms with Crippen LogP contribution < -0.4 is 5.32 Å². The van der Waals surface area contributed by atoms with Gasteiger partial charge in [0.25, 0.3) is 5.16 Å². The number of nitrogens with zero attached hydrogens (tertiary/aromatic N) is 3. The van der Waals surface area contributed by atoms with Gasteiger partial charge in [-0.15, -0.1) is 0 Å². The molecule has 6 nitrogen and oxygen atoms in total. The molecule has 0 unspecified atom stereocenters. The van der Waals surface area contributed by atoms with E-state index in [-0.39, 0.29) is 5.16 Å². The van der Waals surface area contributed by atoms with E-state index in [0.717, 1.165) is 17.3 Å². The van der Waals surface area contributed by atoms with Crippen LogP contribution in [0.1, 0.15) is 6.92 Å². The highest BCUT2D eigenvalue weighted by Crippen LogP contribution is 2.26. The molecule has 0 radical (unpaired) electrons. The van der Waals surface area contributed by atoms with E-state index in [4.69, 9.17) is 11.6 Å². The lowest BCUT2D eigenvalue weighted by molar-refractivity contribution is 0.593. The molecule has 0 bridgehead atoms. The summed E-state index contributed by atoms with van der Waals surface area (Å²) >= 11 is 5.88. The Kier molecular flexibility index (Phi) is 3.99. The predicted molar refractivity (Wildman–Crippen MR) is 91.0 cm³/mol. The molecule has 3 rings (SSSR count). The highest BCUT2D eigenvalue weighted by molar-refractivity contribution is 7.90. The van der Waals surface area contributed by atoms with Crippen molar-refractivity contribution in [3.63, 3.8) is 0 Å². The van der Waals surface area contributed by atoms with Crippen molar-refractivity contribution in [2.75, 3.05) is 11.6 Å². The van der Waals surface area contributed by atoms with Crippen molar-refractivity contribution in [2.45, 2.75) is 18.6 Å². The Bertz CT molecular complexity index is 965. The average Bonchev–Trinajstić information content (AvgIpc) is 2.92. The molecule has 0 spiro atoms. The lowest BCUT2D eigenvalue weighted by atomic mass is 10.3. The minimum absolute atomic E-state index is 0.199. The molecule has 2 heterocycles. The van der Waals surface area contributed by atoms with Gasteiger partial charge in [-0.05, 0) is 37.3 Å². The van der Waals surface area contributed by atoms with Gasteiger partial charge in [-0.25, -0.2) is 13.4 Å². The first-order valence-electron chi connectivity index (χ1n) is 6.98. The molecule has 0 aliphatic rings. The Balaban J connectivity index is 2.17. The van der Waals surface area contributed by atoms with Gasteiger partial charge >= 0.3 is 0 Å². The molecular formula is C15H15ClN4O2S. The molecule has 1 N–H and O–H groups in total.